The maximum atomic E-state index is 12.1. The van der Waals surface area contributed by atoms with Gasteiger partial charge in [-0.1, -0.05) is 33.6 Å². The van der Waals surface area contributed by atoms with Crippen LogP contribution < -0.4 is 0 Å². The first-order valence-electron chi connectivity index (χ1n) is 7.79. The van der Waals surface area contributed by atoms with Crippen LogP contribution in [-0.4, -0.2) is 29.8 Å². The summed E-state index contributed by atoms with van der Waals surface area (Å²) in [5, 5.41) is 0. The number of carbonyl (C=O) groups excluding carboxylic acids is 1. The van der Waals surface area contributed by atoms with Crippen molar-refractivity contribution < 1.29 is 4.79 Å². The van der Waals surface area contributed by atoms with Crippen molar-refractivity contribution in [3.8, 4) is 0 Å². The number of hydrogen-bond donors (Lipinski definition) is 0. The van der Waals surface area contributed by atoms with Crippen LogP contribution in [0.5, 0.6) is 0 Å². The molecule has 1 atom stereocenters. The monoisotopic (exact) mass is 287 g/mol. The number of likely N-dealkylation sites (tertiary alicyclic amines) is 1. The summed E-state index contributed by atoms with van der Waals surface area (Å²) in [6.07, 6.45) is 7.57. The first kappa shape index (κ1) is 16.8. The van der Waals surface area contributed by atoms with Gasteiger partial charge in [-0.3, -0.25) is 4.79 Å². The third-order valence-corrected chi connectivity index (χ3v) is 4.61. The van der Waals surface area contributed by atoms with Crippen LogP contribution in [0.4, 0.5) is 0 Å². The molecule has 112 valence electrons. The van der Waals surface area contributed by atoms with E-state index in [0.717, 1.165) is 51.1 Å². The van der Waals surface area contributed by atoms with Crippen molar-refractivity contribution in [1.29, 1.82) is 0 Å². The van der Waals surface area contributed by atoms with Crippen LogP contribution in [-0.2, 0) is 4.79 Å². The van der Waals surface area contributed by atoms with Gasteiger partial charge in [0.05, 0.1) is 0 Å². The van der Waals surface area contributed by atoms with Crippen LogP contribution in [0.25, 0.3) is 0 Å². The number of rotatable bonds is 6. The molecule has 0 radical (unpaired) electrons. The smallest absolute Gasteiger partial charge is 0.222 e. The SMILES string of the molecule is CC(C)(C)C1CCC(=O)N(CCCCCCCl)CC1. The van der Waals surface area contributed by atoms with Gasteiger partial charge in [0.25, 0.3) is 0 Å². The summed E-state index contributed by atoms with van der Waals surface area (Å²) < 4.78 is 0. The molecule has 0 aromatic carbocycles. The van der Waals surface area contributed by atoms with Crippen molar-refractivity contribution in [3.05, 3.63) is 0 Å². The molecular weight excluding hydrogens is 258 g/mol. The molecule has 2 nitrogen and oxygen atoms in total. The molecular formula is C16H30ClNO. The normalized spacial score (nSPS) is 21.6. The molecule has 0 N–H and O–H groups in total. The Balaban J connectivity index is 2.33. The van der Waals surface area contributed by atoms with E-state index in [4.69, 9.17) is 11.6 Å². The first-order valence-corrected chi connectivity index (χ1v) is 8.32. The van der Waals surface area contributed by atoms with Gasteiger partial charge >= 0.3 is 0 Å². The fourth-order valence-electron chi connectivity index (χ4n) is 2.89. The average molecular weight is 288 g/mol. The molecule has 1 rings (SSSR count). The summed E-state index contributed by atoms with van der Waals surface area (Å²) in [6.45, 7) is 8.78. The van der Waals surface area contributed by atoms with E-state index < -0.39 is 0 Å². The Hall–Kier alpha value is -0.240. The summed E-state index contributed by atoms with van der Waals surface area (Å²) in [4.78, 5) is 14.2. The molecule has 1 aliphatic rings. The van der Waals surface area contributed by atoms with Gasteiger partial charge in [0.1, 0.15) is 0 Å². The maximum absolute atomic E-state index is 12.1. The topological polar surface area (TPSA) is 20.3 Å². The van der Waals surface area contributed by atoms with Crippen LogP contribution in [0.2, 0.25) is 0 Å². The minimum Gasteiger partial charge on any atom is -0.343 e. The first-order chi connectivity index (χ1) is 8.95. The number of unbranched alkanes of at least 4 members (excludes halogenated alkanes) is 3. The van der Waals surface area contributed by atoms with Crippen molar-refractivity contribution in [1.82, 2.24) is 4.90 Å². The van der Waals surface area contributed by atoms with E-state index in [0.29, 0.717) is 17.2 Å². The Morgan fingerprint density at radius 1 is 1.16 bits per heavy atom. The molecule has 0 aromatic rings. The molecule has 19 heavy (non-hydrogen) atoms. The lowest BCUT2D eigenvalue weighted by Gasteiger charge is -2.29. The van der Waals surface area contributed by atoms with Crippen molar-refractivity contribution in [3.63, 3.8) is 0 Å². The number of halogens is 1. The zero-order valence-corrected chi connectivity index (χ0v) is 13.6. The Morgan fingerprint density at radius 3 is 2.47 bits per heavy atom. The summed E-state index contributed by atoms with van der Waals surface area (Å²) in [5.74, 6) is 1.80. The lowest BCUT2D eigenvalue weighted by Crippen LogP contribution is -2.31. The zero-order valence-electron chi connectivity index (χ0n) is 12.9. The van der Waals surface area contributed by atoms with E-state index in [1.165, 1.54) is 12.8 Å². The van der Waals surface area contributed by atoms with Gasteiger partial charge in [0.15, 0.2) is 0 Å². The van der Waals surface area contributed by atoms with Gasteiger partial charge < -0.3 is 4.90 Å². The Kier molecular flexibility index (Phi) is 7.20. The highest BCUT2D eigenvalue weighted by Gasteiger charge is 2.29. The van der Waals surface area contributed by atoms with Gasteiger partial charge in [0.2, 0.25) is 5.91 Å². The standard InChI is InChI=1S/C16H30ClNO/c1-16(2,3)14-8-9-15(19)18(13-10-14)12-7-5-4-6-11-17/h14H,4-13H2,1-3H3. The number of hydrogen-bond acceptors (Lipinski definition) is 1. The Labute approximate surface area is 123 Å². The highest BCUT2D eigenvalue weighted by atomic mass is 35.5. The minimum absolute atomic E-state index is 0.330. The predicted molar refractivity (Wildman–Crippen MR) is 82.6 cm³/mol. The highest BCUT2D eigenvalue weighted by molar-refractivity contribution is 6.17. The fraction of sp³-hybridized carbons (Fsp3) is 0.938. The summed E-state index contributed by atoms with van der Waals surface area (Å²) in [5.41, 5.74) is 0.330. The zero-order chi connectivity index (χ0) is 14.3. The number of amides is 1. The third kappa shape index (κ3) is 6.16. The largest absolute Gasteiger partial charge is 0.343 e. The molecule has 3 heteroatoms. The van der Waals surface area contributed by atoms with E-state index >= 15 is 0 Å². The molecule has 0 spiro atoms. The van der Waals surface area contributed by atoms with Crippen molar-refractivity contribution >= 4 is 17.5 Å². The van der Waals surface area contributed by atoms with Crippen LogP contribution in [0.15, 0.2) is 0 Å². The number of alkyl halides is 1. The van der Waals surface area contributed by atoms with Crippen LogP contribution >= 0.6 is 11.6 Å². The number of carbonyl (C=O) groups is 1. The van der Waals surface area contributed by atoms with Gasteiger partial charge in [0, 0.05) is 25.4 Å². The van der Waals surface area contributed by atoms with Gasteiger partial charge in [-0.05, 0) is 37.0 Å². The van der Waals surface area contributed by atoms with Crippen LogP contribution in [0.3, 0.4) is 0 Å². The second kappa shape index (κ2) is 8.14. The van der Waals surface area contributed by atoms with E-state index in [2.05, 4.69) is 25.7 Å². The number of nitrogens with zero attached hydrogens (tertiary/aromatic N) is 1. The van der Waals surface area contributed by atoms with E-state index in [1.54, 1.807) is 0 Å². The molecule has 1 amide bonds. The van der Waals surface area contributed by atoms with E-state index in [-0.39, 0.29) is 0 Å². The second-order valence-corrected chi connectivity index (χ2v) is 7.25. The van der Waals surface area contributed by atoms with Crippen LogP contribution in [0.1, 0.15) is 65.7 Å². The summed E-state index contributed by atoms with van der Waals surface area (Å²) in [6, 6.07) is 0. The van der Waals surface area contributed by atoms with Crippen molar-refractivity contribution in [2.45, 2.75) is 65.7 Å². The highest BCUT2D eigenvalue weighted by Crippen LogP contribution is 2.34. The molecule has 1 fully saturated rings. The fourth-order valence-corrected chi connectivity index (χ4v) is 3.08. The maximum Gasteiger partial charge on any atom is 0.222 e. The van der Waals surface area contributed by atoms with Crippen molar-refractivity contribution in [2.75, 3.05) is 19.0 Å². The summed E-state index contributed by atoms with van der Waals surface area (Å²) >= 11 is 5.67. The predicted octanol–water partition coefficient (Wildman–Crippen LogP) is 4.46. The lowest BCUT2D eigenvalue weighted by molar-refractivity contribution is -0.130. The molecule has 0 aromatic heterocycles. The van der Waals surface area contributed by atoms with E-state index in [1.807, 2.05) is 0 Å². The van der Waals surface area contributed by atoms with Gasteiger partial charge in [-0.25, -0.2) is 0 Å². The molecule has 1 aliphatic heterocycles. The lowest BCUT2D eigenvalue weighted by atomic mass is 9.77. The minimum atomic E-state index is 0.330. The van der Waals surface area contributed by atoms with E-state index in [9.17, 15) is 4.79 Å². The Bertz CT molecular complexity index is 272. The molecule has 1 heterocycles. The Morgan fingerprint density at radius 2 is 1.84 bits per heavy atom. The quantitative estimate of drug-likeness (QED) is 0.522. The molecule has 1 saturated heterocycles. The molecule has 0 bridgehead atoms. The summed E-state index contributed by atoms with van der Waals surface area (Å²) in [7, 11) is 0. The molecule has 0 aliphatic carbocycles. The van der Waals surface area contributed by atoms with Crippen LogP contribution in [0, 0.1) is 11.3 Å². The average Bonchev–Trinajstić information content (AvgIpc) is 2.51. The second-order valence-electron chi connectivity index (χ2n) is 6.87. The molecule has 0 saturated carbocycles. The van der Waals surface area contributed by atoms with Gasteiger partial charge in [-0.15, -0.1) is 11.6 Å². The van der Waals surface area contributed by atoms with Crippen molar-refractivity contribution in [2.24, 2.45) is 11.3 Å². The molecule has 1 unspecified atom stereocenters. The third-order valence-electron chi connectivity index (χ3n) is 4.34. The van der Waals surface area contributed by atoms with Gasteiger partial charge in [-0.2, -0.15) is 0 Å².